The van der Waals surface area contributed by atoms with Gasteiger partial charge in [0.2, 0.25) is 0 Å². The summed E-state index contributed by atoms with van der Waals surface area (Å²) in [5, 5.41) is 3.77. The van der Waals surface area contributed by atoms with E-state index < -0.39 is 15.4 Å². The Morgan fingerprint density at radius 2 is 1.77 bits per heavy atom. The van der Waals surface area contributed by atoms with Crippen molar-refractivity contribution in [1.29, 1.82) is 0 Å². The topological polar surface area (TPSA) is 51.2 Å². The highest BCUT2D eigenvalue weighted by molar-refractivity contribution is 6.42. The first-order valence-corrected chi connectivity index (χ1v) is 10.4. The van der Waals surface area contributed by atoms with E-state index in [0.717, 1.165) is 5.69 Å². The number of amides is 1. The molecule has 1 aromatic heterocycles. The van der Waals surface area contributed by atoms with E-state index in [-0.39, 0.29) is 10.9 Å². The van der Waals surface area contributed by atoms with E-state index in [9.17, 15) is 4.79 Å². The summed E-state index contributed by atoms with van der Waals surface area (Å²) in [4.78, 5) is 16.8. The fourth-order valence-corrected chi connectivity index (χ4v) is 3.38. The maximum absolute atomic E-state index is 12.3. The van der Waals surface area contributed by atoms with Crippen LogP contribution in [-0.4, -0.2) is 20.7 Å². The van der Waals surface area contributed by atoms with Crippen LogP contribution in [0, 0.1) is 0 Å². The Kier molecular flexibility index (Phi) is 6.50. The van der Waals surface area contributed by atoms with Gasteiger partial charge in [-0.05, 0) is 49.2 Å². The Morgan fingerprint density at radius 1 is 1.08 bits per heavy atom. The second-order valence-corrected chi connectivity index (χ2v) is 11.4. The predicted molar refractivity (Wildman–Crippen MR) is 111 cm³/mol. The quantitative estimate of drug-likeness (QED) is 0.689. The first-order valence-electron chi connectivity index (χ1n) is 8.35. The van der Waals surface area contributed by atoms with E-state index in [4.69, 9.17) is 27.6 Å². The van der Waals surface area contributed by atoms with E-state index in [0.29, 0.717) is 21.3 Å². The average Bonchev–Trinajstić information content (AvgIpc) is 2.55. The maximum atomic E-state index is 12.3. The first-order chi connectivity index (χ1) is 12.0. The van der Waals surface area contributed by atoms with Gasteiger partial charge in [0.15, 0.2) is 9.76 Å². The van der Waals surface area contributed by atoms with Crippen molar-refractivity contribution in [3.8, 4) is 0 Å². The number of pyridine rings is 1. The van der Waals surface area contributed by atoms with Crippen molar-refractivity contribution in [1.82, 2.24) is 4.98 Å². The number of nitrogens with one attached hydrogen (secondary N) is 1. The van der Waals surface area contributed by atoms with Crippen molar-refractivity contribution in [2.75, 3.05) is 5.32 Å². The number of benzene rings is 1. The van der Waals surface area contributed by atoms with Gasteiger partial charge in [0, 0.05) is 5.56 Å². The minimum Gasteiger partial charge on any atom is -0.413 e. The van der Waals surface area contributed by atoms with E-state index in [1.165, 1.54) is 6.07 Å². The summed E-state index contributed by atoms with van der Waals surface area (Å²) in [6.07, 6.45) is 1.63. The second-order valence-electron chi connectivity index (χ2n) is 7.87. The molecule has 0 saturated heterocycles. The molecule has 2 aromatic rings. The summed E-state index contributed by atoms with van der Waals surface area (Å²) in [6.45, 7) is 10.6. The van der Waals surface area contributed by atoms with Crippen LogP contribution in [-0.2, 0) is 10.0 Å². The van der Waals surface area contributed by atoms with Crippen LogP contribution in [0.5, 0.6) is 0 Å². The first kappa shape index (κ1) is 20.9. The Morgan fingerprint density at radius 3 is 2.31 bits per heavy atom. The zero-order valence-corrected chi connectivity index (χ0v) is 18.6. The third-order valence-electron chi connectivity index (χ3n) is 3.69. The Balaban J connectivity index is 2.06. The van der Waals surface area contributed by atoms with E-state index >= 15 is 0 Å². The number of carbonyl (C=O) groups is 1. The fourth-order valence-electron chi connectivity index (χ4n) is 2.14. The number of nitrogens with zero attached hydrogens (tertiary/aromatic N) is 1. The third kappa shape index (κ3) is 5.81. The average molecular weight is 411 g/mol. The lowest BCUT2D eigenvalue weighted by Crippen LogP contribution is -2.28. The SMILES string of the molecule is CC(C)(C)[SiH2]OC(C)(C)c1ccc(NC(=O)c2ccc(Cl)c(Cl)c2)cn1. The molecule has 0 aliphatic heterocycles. The molecule has 0 spiro atoms. The molecule has 0 saturated carbocycles. The zero-order valence-electron chi connectivity index (χ0n) is 15.7. The lowest BCUT2D eigenvalue weighted by molar-refractivity contribution is 0.102. The fraction of sp³-hybridized carbons (Fsp3) is 0.368. The molecule has 0 fully saturated rings. The molecule has 0 aliphatic carbocycles. The smallest absolute Gasteiger partial charge is 0.255 e. The van der Waals surface area contributed by atoms with Crippen LogP contribution < -0.4 is 5.32 Å². The molecule has 0 atom stereocenters. The number of hydrogen-bond donors (Lipinski definition) is 1. The Labute approximate surface area is 167 Å². The van der Waals surface area contributed by atoms with Crippen LogP contribution in [0.2, 0.25) is 15.1 Å². The summed E-state index contributed by atoms with van der Waals surface area (Å²) < 4.78 is 6.16. The van der Waals surface area contributed by atoms with Gasteiger partial charge in [0.25, 0.3) is 5.91 Å². The monoisotopic (exact) mass is 410 g/mol. The van der Waals surface area contributed by atoms with Gasteiger partial charge in [-0.1, -0.05) is 44.0 Å². The standard InChI is InChI=1S/C19H24Cl2N2O2Si/c1-18(2,3)26-25-19(4,5)16-9-7-13(11-22-16)23-17(24)12-6-8-14(20)15(21)10-12/h6-11H,26H2,1-5H3,(H,23,24). The zero-order chi connectivity index (χ0) is 19.5. The molecule has 1 heterocycles. The molecule has 0 unspecified atom stereocenters. The minimum absolute atomic E-state index is 0.213. The summed E-state index contributed by atoms with van der Waals surface area (Å²) in [5.41, 5.74) is 1.42. The van der Waals surface area contributed by atoms with Gasteiger partial charge in [-0.3, -0.25) is 9.78 Å². The van der Waals surface area contributed by atoms with Crippen LogP contribution in [0.4, 0.5) is 5.69 Å². The number of anilines is 1. The maximum Gasteiger partial charge on any atom is 0.255 e. The van der Waals surface area contributed by atoms with Crippen LogP contribution in [0.1, 0.15) is 50.7 Å². The van der Waals surface area contributed by atoms with E-state index in [1.54, 1.807) is 18.3 Å². The van der Waals surface area contributed by atoms with Crippen molar-refractivity contribution in [3.05, 3.63) is 57.8 Å². The highest BCUT2D eigenvalue weighted by Gasteiger charge is 2.25. The van der Waals surface area contributed by atoms with E-state index in [2.05, 4.69) is 31.1 Å². The Bertz CT molecular complexity index is 787. The van der Waals surface area contributed by atoms with Gasteiger partial charge in [-0.25, -0.2) is 0 Å². The Hall–Kier alpha value is -1.40. The van der Waals surface area contributed by atoms with Crippen LogP contribution in [0.15, 0.2) is 36.5 Å². The summed E-state index contributed by atoms with van der Waals surface area (Å²) in [6, 6.07) is 8.46. The normalized spacial score (nSPS) is 12.6. The number of rotatable bonds is 5. The van der Waals surface area contributed by atoms with E-state index in [1.807, 2.05) is 26.0 Å². The highest BCUT2D eigenvalue weighted by Crippen LogP contribution is 2.29. The minimum atomic E-state index is -0.702. The van der Waals surface area contributed by atoms with Gasteiger partial charge < -0.3 is 9.74 Å². The number of hydrogen-bond acceptors (Lipinski definition) is 3. The molecule has 0 radical (unpaired) electrons. The molecule has 7 heteroatoms. The molecular weight excluding hydrogens is 387 g/mol. The van der Waals surface area contributed by atoms with Crippen molar-refractivity contribution in [3.63, 3.8) is 0 Å². The summed E-state index contributed by atoms with van der Waals surface area (Å²) in [5.74, 6) is -0.270. The largest absolute Gasteiger partial charge is 0.413 e. The molecule has 4 nitrogen and oxygen atoms in total. The molecular formula is C19H24Cl2N2O2Si. The van der Waals surface area contributed by atoms with Gasteiger partial charge in [0.05, 0.1) is 33.2 Å². The molecule has 1 amide bonds. The van der Waals surface area contributed by atoms with Crippen molar-refractivity contribution in [2.24, 2.45) is 0 Å². The number of aromatic nitrogens is 1. The number of carbonyl (C=O) groups excluding carboxylic acids is 1. The highest BCUT2D eigenvalue weighted by atomic mass is 35.5. The second kappa shape index (κ2) is 8.09. The molecule has 0 bridgehead atoms. The molecule has 0 aliphatic rings. The van der Waals surface area contributed by atoms with Crippen molar-refractivity contribution in [2.45, 2.75) is 45.3 Å². The number of halogens is 2. The van der Waals surface area contributed by atoms with Gasteiger partial charge in [-0.15, -0.1) is 0 Å². The van der Waals surface area contributed by atoms with Crippen LogP contribution in [0.25, 0.3) is 0 Å². The molecule has 1 aromatic carbocycles. The van der Waals surface area contributed by atoms with Gasteiger partial charge >= 0.3 is 0 Å². The predicted octanol–water partition coefficient (Wildman–Crippen LogP) is 5.19. The van der Waals surface area contributed by atoms with Crippen molar-refractivity contribution < 1.29 is 9.22 Å². The molecule has 26 heavy (non-hydrogen) atoms. The lowest BCUT2D eigenvalue weighted by Gasteiger charge is -2.29. The summed E-state index contributed by atoms with van der Waals surface area (Å²) >= 11 is 11.8. The van der Waals surface area contributed by atoms with Crippen LogP contribution >= 0.6 is 23.2 Å². The third-order valence-corrected chi connectivity index (χ3v) is 6.16. The van der Waals surface area contributed by atoms with Gasteiger partial charge in [0.1, 0.15) is 0 Å². The van der Waals surface area contributed by atoms with Crippen LogP contribution in [0.3, 0.4) is 0 Å². The molecule has 140 valence electrons. The van der Waals surface area contributed by atoms with Gasteiger partial charge in [-0.2, -0.15) is 0 Å². The van der Waals surface area contributed by atoms with Crippen molar-refractivity contribution >= 4 is 44.6 Å². The summed E-state index contributed by atoms with van der Waals surface area (Å²) in [7, 11) is -0.702. The molecule has 1 N–H and O–H groups in total. The lowest BCUT2D eigenvalue weighted by atomic mass is 10.0. The molecule has 2 rings (SSSR count).